The number of ketones is 1. The fourth-order valence-corrected chi connectivity index (χ4v) is 8.42. The first-order valence-corrected chi connectivity index (χ1v) is 12.8. The van der Waals surface area contributed by atoms with Gasteiger partial charge in [0.05, 0.1) is 5.60 Å². The zero-order chi connectivity index (χ0) is 22.3. The van der Waals surface area contributed by atoms with Crippen molar-refractivity contribution in [2.45, 2.75) is 70.3 Å². The van der Waals surface area contributed by atoms with Gasteiger partial charge in [0.2, 0.25) is 0 Å². The van der Waals surface area contributed by atoms with E-state index >= 15 is 0 Å². The number of carbonyl (C=O) groups excluding carboxylic acids is 1. The standard InChI is InChI=1S/C29H37NO2/c1-5-32-29-16-20(29)15-26-24-12-8-19-14-22(31)11-13-23(19)27(24)25(17-28(26,29)2)18-6-9-21(10-7-18)30(3)4/h6-7,9-10,14,20,24-26H,5,8,11-13,15-17H2,1-4H3/t20-,24-,25+,26-,28-,29?/m0/s1. The average Bonchev–Trinajstić information content (AvgIpc) is 3.43. The molecule has 5 aliphatic rings. The zero-order valence-corrected chi connectivity index (χ0v) is 20.1. The first-order valence-electron chi connectivity index (χ1n) is 12.8. The molecule has 0 amide bonds. The Labute approximate surface area is 192 Å². The molecule has 0 N–H and O–H groups in total. The van der Waals surface area contributed by atoms with Crippen molar-refractivity contribution in [1.29, 1.82) is 0 Å². The maximum absolute atomic E-state index is 12.2. The fraction of sp³-hybridized carbons (Fsp3) is 0.621. The Balaban J connectivity index is 1.49. The predicted octanol–water partition coefficient (Wildman–Crippen LogP) is 6.06. The van der Waals surface area contributed by atoms with Crippen LogP contribution in [0, 0.1) is 23.2 Å². The summed E-state index contributed by atoms with van der Waals surface area (Å²) in [5, 5.41) is 0. The molecule has 5 aliphatic carbocycles. The second-order valence-electron chi connectivity index (χ2n) is 11.4. The maximum Gasteiger partial charge on any atom is 0.156 e. The number of rotatable bonds is 4. The number of nitrogens with zero attached hydrogens (tertiary/aromatic N) is 1. The topological polar surface area (TPSA) is 29.5 Å². The highest BCUT2D eigenvalue weighted by Gasteiger charge is 2.75. The highest BCUT2D eigenvalue weighted by molar-refractivity contribution is 5.93. The second-order valence-corrected chi connectivity index (χ2v) is 11.4. The van der Waals surface area contributed by atoms with Gasteiger partial charge < -0.3 is 9.64 Å². The summed E-state index contributed by atoms with van der Waals surface area (Å²) in [6.45, 7) is 5.57. The number of fused-ring (bicyclic) bond motifs is 6. The van der Waals surface area contributed by atoms with Gasteiger partial charge in [0, 0.05) is 44.1 Å². The smallest absolute Gasteiger partial charge is 0.156 e. The number of allylic oxidation sites excluding steroid dienone is 4. The fourth-order valence-electron chi connectivity index (χ4n) is 8.42. The molecule has 3 saturated carbocycles. The van der Waals surface area contributed by atoms with Crippen LogP contribution in [-0.2, 0) is 9.53 Å². The third-order valence-corrected chi connectivity index (χ3v) is 9.89. The Kier molecular flexibility index (Phi) is 4.57. The zero-order valence-electron chi connectivity index (χ0n) is 20.1. The first kappa shape index (κ1) is 20.7. The van der Waals surface area contributed by atoms with E-state index < -0.39 is 0 Å². The van der Waals surface area contributed by atoms with Crippen molar-refractivity contribution in [3.8, 4) is 0 Å². The van der Waals surface area contributed by atoms with E-state index in [1.54, 1.807) is 11.1 Å². The van der Waals surface area contributed by atoms with Crippen LogP contribution < -0.4 is 4.90 Å². The van der Waals surface area contributed by atoms with E-state index in [0.29, 0.717) is 24.0 Å². The number of ether oxygens (including phenoxy) is 1. The number of hydrogen-bond acceptors (Lipinski definition) is 3. The van der Waals surface area contributed by atoms with Crippen LogP contribution in [0.5, 0.6) is 0 Å². The largest absolute Gasteiger partial charge is 0.378 e. The number of hydrogen-bond donors (Lipinski definition) is 0. The summed E-state index contributed by atoms with van der Waals surface area (Å²) >= 11 is 0. The lowest BCUT2D eigenvalue weighted by Crippen LogP contribution is -2.48. The summed E-state index contributed by atoms with van der Waals surface area (Å²) in [5.41, 5.74) is 7.68. The Morgan fingerprint density at radius 2 is 1.88 bits per heavy atom. The van der Waals surface area contributed by atoms with Crippen molar-refractivity contribution < 1.29 is 9.53 Å². The van der Waals surface area contributed by atoms with Gasteiger partial charge in [-0.15, -0.1) is 0 Å². The Morgan fingerprint density at radius 3 is 2.59 bits per heavy atom. The lowest BCUT2D eigenvalue weighted by atomic mass is 9.51. The predicted molar refractivity (Wildman–Crippen MR) is 129 cm³/mol. The van der Waals surface area contributed by atoms with E-state index in [-0.39, 0.29) is 11.0 Å². The van der Waals surface area contributed by atoms with Gasteiger partial charge in [-0.25, -0.2) is 0 Å². The van der Waals surface area contributed by atoms with E-state index in [0.717, 1.165) is 31.3 Å². The van der Waals surface area contributed by atoms with Crippen LogP contribution in [-0.4, -0.2) is 32.1 Å². The molecule has 0 bridgehead atoms. The molecule has 170 valence electrons. The molecule has 1 aromatic rings. The molecule has 32 heavy (non-hydrogen) atoms. The average molecular weight is 432 g/mol. The van der Waals surface area contributed by atoms with Gasteiger partial charge in [-0.1, -0.05) is 24.6 Å². The summed E-state index contributed by atoms with van der Waals surface area (Å²) in [7, 11) is 4.22. The highest BCUT2D eigenvalue weighted by atomic mass is 16.5. The molecule has 0 radical (unpaired) electrons. The minimum Gasteiger partial charge on any atom is -0.378 e. The third-order valence-electron chi connectivity index (χ3n) is 9.89. The van der Waals surface area contributed by atoms with Crippen molar-refractivity contribution in [1.82, 2.24) is 0 Å². The van der Waals surface area contributed by atoms with Gasteiger partial charge >= 0.3 is 0 Å². The molecule has 1 unspecified atom stereocenters. The molecule has 6 rings (SSSR count). The van der Waals surface area contributed by atoms with Crippen LogP contribution in [0.15, 0.2) is 47.1 Å². The van der Waals surface area contributed by atoms with Crippen LogP contribution in [0.1, 0.15) is 70.3 Å². The SMILES string of the molecule is CCOC12C[C@@H]1C[C@H]1[C@@H]3CCC4=CC(=O)CCC4=C3[C@@H](c3ccc(N(C)C)cc3)C[C@@]12C. The summed E-state index contributed by atoms with van der Waals surface area (Å²) < 4.78 is 6.59. The van der Waals surface area contributed by atoms with Crippen LogP contribution in [0.2, 0.25) is 0 Å². The molecule has 0 spiro atoms. The number of benzene rings is 1. The minimum atomic E-state index is 0.114. The quantitative estimate of drug-likeness (QED) is 0.580. The van der Waals surface area contributed by atoms with E-state index in [1.165, 1.54) is 42.5 Å². The van der Waals surface area contributed by atoms with Crippen molar-refractivity contribution in [2.24, 2.45) is 23.2 Å². The highest BCUT2D eigenvalue weighted by Crippen LogP contribution is 2.77. The number of carbonyl (C=O) groups is 1. The first-order chi connectivity index (χ1) is 15.4. The van der Waals surface area contributed by atoms with Crippen molar-refractivity contribution in [3.05, 3.63) is 52.6 Å². The summed E-state index contributed by atoms with van der Waals surface area (Å²) in [6.07, 6.45) is 9.70. The van der Waals surface area contributed by atoms with Gasteiger partial charge in [0.1, 0.15) is 0 Å². The van der Waals surface area contributed by atoms with E-state index in [9.17, 15) is 4.79 Å². The van der Waals surface area contributed by atoms with Crippen molar-refractivity contribution in [2.75, 3.05) is 25.6 Å². The lowest BCUT2D eigenvalue weighted by Gasteiger charge is -2.54. The Hall–Kier alpha value is -1.87. The molecule has 6 atom stereocenters. The normalized spacial score (nSPS) is 39.6. The van der Waals surface area contributed by atoms with Gasteiger partial charge in [-0.05, 0) is 98.1 Å². The molecular formula is C29H37NO2. The lowest BCUT2D eigenvalue weighted by molar-refractivity contribution is -0.114. The van der Waals surface area contributed by atoms with E-state index in [4.69, 9.17) is 4.74 Å². The summed E-state index contributed by atoms with van der Waals surface area (Å²) in [4.78, 5) is 14.4. The summed E-state index contributed by atoms with van der Waals surface area (Å²) in [5.74, 6) is 2.90. The molecule has 0 aromatic heterocycles. The molecule has 1 aromatic carbocycles. The van der Waals surface area contributed by atoms with Gasteiger partial charge in [0.25, 0.3) is 0 Å². The molecule has 0 heterocycles. The monoisotopic (exact) mass is 431 g/mol. The van der Waals surface area contributed by atoms with Gasteiger partial charge in [0.15, 0.2) is 5.78 Å². The molecule has 3 nitrogen and oxygen atoms in total. The molecule has 3 fully saturated rings. The molecular weight excluding hydrogens is 394 g/mol. The third kappa shape index (κ3) is 2.73. The minimum absolute atomic E-state index is 0.114. The Bertz CT molecular complexity index is 1020. The van der Waals surface area contributed by atoms with Crippen LogP contribution >= 0.6 is 0 Å². The Morgan fingerprint density at radius 1 is 1.09 bits per heavy atom. The summed E-state index contributed by atoms with van der Waals surface area (Å²) in [6, 6.07) is 9.29. The number of anilines is 1. The molecule has 0 aliphatic heterocycles. The van der Waals surface area contributed by atoms with Gasteiger partial charge in [-0.2, -0.15) is 0 Å². The molecule has 3 heteroatoms. The molecule has 0 saturated heterocycles. The van der Waals surface area contributed by atoms with Crippen molar-refractivity contribution in [3.63, 3.8) is 0 Å². The van der Waals surface area contributed by atoms with Crippen LogP contribution in [0.25, 0.3) is 0 Å². The van der Waals surface area contributed by atoms with E-state index in [1.807, 2.05) is 6.08 Å². The van der Waals surface area contributed by atoms with E-state index in [2.05, 4.69) is 57.1 Å². The van der Waals surface area contributed by atoms with Crippen molar-refractivity contribution >= 4 is 11.5 Å². The van der Waals surface area contributed by atoms with Gasteiger partial charge in [-0.3, -0.25) is 4.79 Å². The second kappa shape index (κ2) is 7.06. The maximum atomic E-state index is 12.2. The van der Waals surface area contributed by atoms with Crippen LogP contribution in [0.4, 0.5) is 5.69 Å². The van der Waals surface area contributed by atoms with Crippen LogP contribution in [0.3, 0.4) is 0 Å².